The minimum atomic E-state index is 0.153. The summed E-state index contributed by atoms with van der Waals surface area (Å²) in [5.41, 5.74) is 0. The molecule has 9 heavy (non-hydrogen) atoms. The average Bonchev–Trinajstić information content (AvgIpc) is 2.17. The van der Waals surface area contributed by atoms with E-state index in [1.54, 1.807) is 6.07 Å². The zero-order chi connectivity index (χ0) is 6.69. The normalized spacial score (nSPS) is 9.89. The van der Waals surface area contributed by atoms with Crippen LogP contribution in [0.3, 0.4) is 0 Å². The number of aliphatic hydroxyl groups excluding tert-OH is 1. The SMILES string of the molecule is OCCc1ccc(O)s1. The fraction of sp³-hybridized carbons (Fsp3) is 0.333. The molecule has 0 amide bonds. The molecule has 0 atom stereocenters. The van der Waals surface area contributed by atoms with Gasteiger partial charge in [-0.1, -0.05) is 0 Å². The number of thiophene rings is 1. The molecule has 1 aromatic heterocycles. The van der Waals surface area contributed by atoms with E-state index in [0.29, 0.717) is 11.5 Å². The van der Waals surface area contributed by atoms with Crippen molar-refractivity contribution in [2.75, 3.05) is 6.61 Å². The van der Waals surface area contributed by atoms with Crippen molar-refractivity contribution in [1.29, 1.82) is 0 Å². The van der Waals surface area contributed by atoms with Crippen LogP contribution in [0.4, 0.5) is 0 Å². The predicted octanol–water partition coefficient (Wildman–Crippen LogP) is 0.988. The largest absolute Gasteiger partial charge is 0.499 e. The van der Waals surface area contributed by atoms with Crippen molar-refractivity contribution in [2.45, 2.75) is 6.42 Å². The highest BCUT2D eigenvalue weighted by atomic mass is 32.1. The van der Waals surface area contributed by atoms with Crippen LogP contribution in [0.25, 0.3) is 0 Å². The smallest absolute Gasteiger partial charge is 0.171 e. The molecule has 1 rings (SSSR count). The average molecular weight is 144 g/mol. The molecule has 0 aliphatic heterocycles. The van der Waals surface area contributed by atoms with Gasteiger partial charge >= 0.3 is 0 Å². The van der Waals surface area contributed by atoms with Crippen molar-refractivity contribution in [3.63, 3.8) is 0 Å². The summed E-state index contributed by atoms with van der Waals surface area (Å²) in [6, 6.07) is 3.45. The quantitative estimate of drug-likeness (QED) is 0.649. The van der Waals surface area contributed by atoms with E-state index in [1.165, 1.54) is 11.3 Å². The van der Waals surface area contributed by atoms with E-state index in [0.717, 1.165) is 4.88 Å². The van der Waals surface area contributed by atoms with Crippen LogP contribution in [0.2, 0.25) is 0 Å². The Kier molecular flexibility index (Phi) is 2.08. The van der Waals surface area contributed by atoms with Crippen molar-refractivity contribution < 1.29 is 10.2 Å². The maximum atomic E-state index is 8.82. The second kappa shape index (κ2) is 2.85. The monoisotopic (exact) mass is 144 g/mol. The molecule has 0 fully saturated rings. The molecule has 1 aromatic rings. The first-order valence-corrected chi connectivity index (χ1v) is 3.53. The van der Waals surface area contributed by atoms with Gasteiger partial charge < -0.3 is 10.2 Å². The fourth-order valence-electron chi connectivity index (χ4n) is 0.611. The topological polar surface area (TPSA) is 40.5 Å². The van der Waals surface area contributed by atoms with E-state index in [2.05, 4.69) is 0 Å². The molecule has 0 saturated carbocycles. The summed E-state index contributed by atoms with van der Waals surface area (Å²) in [4.78, 5) is 1.02. The third-order valence-electron chi connectivity index (χ3n) is 1.01. The molecule has 2 N–H and O–H groups in total. The zero-order valence-electron chi connectivity index (χ0n) is 4.87. The zero-order valence-corrected chi connectivity index (χ0v) is 5.69. The van der Waals surface area contributed by atoms with Gasteiger partial charge in [-0.25, -0.2) is 0 Å². The molecule has 0 aromatic carbocycles. The minimum Gasteiger partial charge on any atom is -0.499 e. The highest BCUT2D eigenvalue weighted by Crippen LogP contribution is 2.22. The molecule has 0 bridgehead atoms. The third-order valence-corrected chi connectivity index (χ3v) is 1.95. The van der Waals surface area contributed by atoms with Crippen molar-refractivity contribution in [3.8, 4) is 5.06 Å². The van der Waals surface area contributed by atoms with Crippen LogP contribution in [0.1, 0.15) is 4.88 Å². The van der Waals surface area contributed by atoms with E-state index >= 15 is 0 Å². The summed E-state index contributed by atoms with van der Waals surface area (Å²) in [6.07, 6.45) is 0.644. The molecule has 1 heterocycles. The standard InChI is InChI=1S/C6H8O2S/c7-4-3-5-1-2-6(8)9-5/h1-2,7-8H,3-4H2. The van der Waals surface area contributed by atoms with E-state index in [4.69, 9.17) is 10.2 Å². The Bertz CT molecular complexity index is 183. The molecule has 0 aliphatic rings. The van der Waals surface area contributed by atoms with Crippen LogP contribution < -0.4 is 0 Å². The maximum Gasteiger partial charge on any atom is 0.171 e. The van der Waals surface area contributed by atoms with Gasteiger partial charge in [0.2, 0.25) is 0 Å². The first-order valence-electron chi connectivity index (χ1n) is 2.71. The van der Waals surface area contributed by atoms with Gasteiger partial charge in [-0.2, -0.15) is 0 Å². The van der Waals surface area contributed by atoms with Gasteiger partial charge in [-0.3, -0.25) is 0 Å². The highest BCUT2D eigenvalue weighted by Gasteiger charge is 1.94. The van der Waals surface area contributed by atoms with Crippen molar-refractivity contribution in [1.82, 2.24) is 0 Å². The molecule has 0 unspecified atom stereocenters. The van der Waals surface area contributed by atoms with Crippen molar-refractivity contribution >= 4 is 11.3 Å². The lowest BCUT2D eigenvalue weighted by atomic mass is 10.4. The van der Waals surface area contributed by atoms with Gasteiger partial charge in [-0.15, -0.1) is 11.3 Å². The van der Waals surface area contributed by atoms with Crippen LogP contribution in [0, 0.1) is 0 Å². The lowest BCUT2D eigenvalue weighted by Crippen LogP contribution is -1.84. The van der Waals surface area contributed by atoms with Crippen LogP contribution >= 0.6 is 11.3 Å². The van der Waals surface area contributed by atoms with Crippen LogP contribution in [0.5, 0.6) is 5.06 Å². The summed E-state index contributed by atoms with van der Waals surface area (Å²) >= 11 is 1.31. The fourth-order valence-corrected chi connectivity index (χ4v) is 1.35. The van der Waals surface area contributed by atoms with Gasteiger partial charge in [0.05, 0.1) is 0 Å². The van der Waals surface area contributed by atoms with Crippen molar-refractivity contribution in [3.05, 3.63) is 17.0 Å². The molecule has 0 spiro atoms. The van der Waals surface area contributed by atoms with Crippen LogP contribution in [0.15, 0.2) is 12.1 Å². The van der Waals surface area contributed by atoms with E-state index < -0.39 is 0 Å². The lowest BCUT2D eigenvalue weighted by molar-refractivity contribution is 0.300. The van der Waals surface area contributed by atoms with E-state index in [9.17, 15) is 0 Å². The number of rotatable bonds is 2. The van der Waals surface area contributed by atoms with Gasteiger partial charge in [-0.05, 0) is 12.1 Å². The van der Waals surface area contributed by atoms with Crippen LogP contribution in [-0.4, -0.2) is 16.8 Å². The molecule has 2 nitrogen and oxygen atoms in total. The number of hydrogen-bond acceptors (Lipinski definition) is 3. The second-order valence-electron chi connectivity index (χ2n) is 1.71. The number of hydrogen-bond donors (Lipinski definition) is 2. The summed E-state index contributed by atoms with van der Waals surface area (Å²) in [7, 11) is 0. The first-order chi connectivity index (χ1) is 4.33. The van der Waals surface area contributed by atoms with E-state index in [1.807, 2.05) is 6.07 Å². The van der Waals surface area contributed by atoms with Crippen molar-refractivity contribution in [2.24, 2.45) is 0 Å². The number of aliphatic hydroxyl groups is 1. The van der Waals surface area contributed by atoms with Crippen LogP contribution in [-0.2, 0) is 6.42 Å². The minimum absolute atomic E-state index is 0.153. The Balaban J connectivity index is 2.61. The second-order valence-corrected chi connectivity index (χ2v) is 2.86. The molecule has 3 heteroatoms. The van der Waals surface area contributed by atoms with Gasteiger partial charge in [0, 0.05) is 17.9 Å². The summed E-state index contributed by atoms with van der Waals surface area (Å²) in [5, 5.41) is 17.6. The van der Waals surface area contributed by atoms with E-state index in [-0.39, 0.29) is 6.61 Å². The van der Waals surface area contributed by atoms with Gasteiger partial charge in [0.1, 0.15) is 0 Å². The highest BCUT2D eigenvalue weighted by molar-refractivity contribution is 7.13. The summed E-state index contributed by atoms with van der Waals surface area (Å²) in [5.74, 6) is 0. The summed E-state index contributed by atoms with van der Waals surface area (Å²) in [6.45, 7) is 0.153. The Morgan fingerprint density at radius 2 is 2.22 bits per heavy atom. The molecular weight excluding hydrogens is 136 g/mol. The van der Waals surface area contributed by atoms with Gasteiger partial charge in [0.15, 0.2) is 5.06 Å². The Labute approximate surface area is 57.4 Å². The number of aromatic hydroxyl groups is 1. The summed E-state index contributed by atoms with van der Waals surface area (Å²) < 4.78 is 0. The van der Waals surface area contributed by atoms with Gasteiger partial charge in [0.25, 0.3) is 0 Å². The molecule has 0 aliphatic carbocycles. The lowest BCUT2D eigenvalue weighted by Gasteiger charge is -1.86. The Morgan fingerprint density at radius 1 is 1.44 bits per heavy atom. The maximum absolute atomic E-state index is 8.82. The predicted molar refractivity (Wildman–Crippen MR) is 36.8 cm³/mol. The molecule has 50 valence electrons. The molecule has 0 radical (unpaired) electrons. The Morgan fingerprint density at radius 3 is 2.67 bits per heavy atom. The molecule has 0 saturated heterocycles. The Hall–Kier alpha value is -0.540. The third kappa shape index (κ3) is 1.69. The first kappa shape index (κ1) is 6.58. The molecular formula is C6H8O2S.